The van der Waals surface area contributed by atoms with Gasteiger partial charge in [0.15, 0.2) is 0 Å². The van der Waals surface area contributed by atoms with E-state index in [-0.39, 0.29) is 6.10 Å². The average Bonchev–Trinajstić information content (AvgIpc) is 2.75. The zero-order chi connectivity index (χ0) is 9.97. The lowest BCUT2D eigenvalue weighted by atomic mass is 10.1. The van der Waals surface area contributed by atoms with E-state index in [1.165, 1.54) is 0 Å². The van der Waals surface area contributed by atoms with E-state index in [0.29, 0.717) is 12.2 Å². The molecule has 78 valence electrons. The Kier molecular flexibility index (Phi) is 3.26. The molecule has 2 atom stereocenters. The molecule has 14 heavy (non-hydrogen) atoms. The van der Waals surface area contributed by atoms with Gasteiger partial charge in [0.05, 0.1) is 16.8 Å². The molecule has 1 aliphatic rings. The standard InChI is InChI=1S/C10H13BrO3/c11-8-3-5-14-10(8)9(12)6-7-2-1-4-13-7/h3,5,7,9,12H,1-2,4,6H2. The van der Waals surface area contributed by atoms with Gasteiger partial charge in [-0.05, 0) is 34.8 Å². The van der Waals surface area contributed by atoms with Crippen LogP contribution in [0.3, 0.4) is 0 Å². The van der Waals surface area contributed by atoms with E-state index in [9.17, 15) is 5.11 Å². The van der Waals surface area contributed by atoms with Gasteiger partial charge in [-0.2, -0.15) is 0 Å². The van der Waals surface area contributed by atoms with Crippen molar-refractivity contribution in [1.29, 1.82) is 0 Å². The van der Waals surface area contributed by atoms with Crippen molar-refractivity contribution in [2.45, 2.75) is 31.5 Å². The van der Waals surface area contributed by atoms with Gasteiger partial charge in [0.25, 0.3) is 0 Å². The Labute approximate surface area is 91.2 Å². The van der Waals surface area contributed by atoms with E-state index in [4.69, 9.17) is 9.15 Å². The van der Waals surface area contributed by atoms with E-state index in [2.05, 4.69) is 15.9 Å². The van der Waals surface area contributed by atoms with E-state index < -0.39 is 6.10 Å². The van der Waals surface area contributed by atoms with Crippen LogP contribution in [0.15, 0.2) is 21.2 Å². The second-order valence-electron chi connectivity index (χ2n) is 3.52. The fraction of sp³-hybridized carbons (Fsp3) is 0.600. The predicted molar refractivity (Wildman–Crippen MR) is 55.0 cm³/mol. The number of hydrogen-bond donors (Lipinski definition) is 1. The lowest BCUT2D eigenvalue weighted by Gasteiger charge is -2.13. The third-order valence-corrected chi connectivity index (χ3v) is 3.11. The molecule has 0 aromatic carbocycles. The number of ether oxygens (including phenoxy) is 1. The van der Waals surface area contributed by atoms with Gasteiger partial charge in [-0.3, -0.25) is 0 Å². The Bertz CT molecular complexity index is 291. The van der Waals surface area contributed by atoms with Gasteiger partial charge in [0, 0.05) is 13.0 Å². The molecule has 0 spiro atoms. The highest BCUT2D eigenvalue weighted by molar-refractivity contribution is 9.10. The summed E-state index contributed by atoms with van der Waals surface area (Å²) in [6.07, 6.45) is 3.93. The molecule has 2 heterocycles. The summed E-state index contributed by atoms with van der Waals surface area (Å²) in [6.45, 7) is 0.816. The summed E-state index contributed by atoms with van der Waals surface area (Å²) in [7, 11) is 0. The lowest BCUT2D eigenvalue weighted by Crippen LogP contribution is -2.10. The zero-order valence-electron chi connectivity index (χ0n) is 7.78. The maximum Gasteiger partial charge on any atom is 0.146 e. The van der Waals surface area contributed by atoms with Crippen molar-refractivity contribution in [3.8, 4) is 0 Å². The summed E-state index contributed by atoms with van der Waals surface area (Å²) < 4.78 is 11.5. The Balaban J connectivity index is 1.95. The Morgan fingerprint density at radius 2 is 2.50 bits per heavy atom. The molecular weight excluding hydrogens is 248 g/mol. The van der Waals surface area contributed by atoms with Crippen LogP contribution in [0.4, 0.5) is 0 Å². The minimum Gasteiger partial charge on any atom is -0.465 e. The molecule has 0 amide bonds. The first kappa shape index (κ1) is 10.2. The smallest absolute Gasteiger partial charge is 0.146 e. The van der Waals surface area contributed by atoms with Crippen molar-refractivity contribution < 1.29 is 14.3 Å². The molecule has 1 aliphatic heterocycles. The second-order valence-corrected chi connectivity index (χ2v) is 4.37. The summed E-state index contributed by atoms with van der Waals surface area (Å²) in [6, 6.07) is 1.79. The van der Waals surface area contributed by atoms with Crippen LogP contribution < -0.4 is 0 Å². The predicted octanol–water partition coefficient (Wildman–Crippen LogP) is 2.64. The normalized spacial score (nSPS) is 24.0. The van der Waals surface area contributed by atoms with E-state index >= 15 is 0 Å². The molecule has 1 aromatic rings. The first-order valence-electron chi connectivity index (χ1n) is 4.80. The van der Waals surface area contributed by atoms with Gasteiger partial charge in [-0.1, -0.05) is 0 Å². The van der Waals surface area contributed by atoms with Crippen LogP contribution in [0.5, 0.6) is 0 Å². The zero-order valence-corrected chi connectivity index (χ0v) is 9.37. The van der Waals surface area contributed by atoms with Crippen molar-refractivity contribution >= 4 is 15.9 Å². The third kappa shape index (κ3) is 2.19. The number of furan rings is 1. The minimum absolute atomic E-state index is 0.182. The van der Waals surface area contributed by atoms with E-state index in [0.717, 1.165) is 23.9 Å². The fourth-order valence-corrected chi connectivity index (χ4v) is 2.20. The van der Waals surface area contributed by atoms with Crippen molar-refractivity contribution in [3.63, 3.8) is 0 Å². The minimum atomic E-state index is -0.567. The number of halogens is 1. The van der Waals surface area contributed by atoms with Gasteiger partial charge in [-0.15, -0.1) is 0 Å². The maximum absolute atomic E-state index is 9.85. The maximum atomic E-state index is 9.85. The SMILES string of the molecule is OC(CC1CCCO1)c1occc1Br. The highest BCUT2D eigenvalue weighted by Crippen LogP contribution is 2.30. The van der Waals surface area contributed by atoms with Crippen molar-refractivity contribution in [1.82, 2.24) is 0 Å². The van der Waals surface area contributed by atoms with Gasteiger partial charge in [-0.25, -0.2) is 0 Å². The lowest BCUT2D eigenvalue weighted by molar-refractivity contribution is 0.0444. The summed E-state index contributed by atoms with van der Waals surface area (Å²) >= 11 is 3.32. The summed E-state index contributed by atoms with van der Waals surface area (Å²) in [5.74, 6) is 0.598. The van der Waals surface area contributed by atoms with Crippen LogP contribution in [-0.2, 0) is 4.74 Å². The van der Waals surface area contributed by atoms with Crippen LogP contribution in [-0.4, -0.2) is 17.8 Å². The van der Waals surface area contributed by atoms with Crippen LogP contribution in [0.2, 0.25) is 0 Å². The highest BCUT2D eigenvalue weighted by atomic mass is 79.9. The Hall–Kier alpha value is -0.320. The number of aliphatic hydroxyl groups excluding tert-OH is 1. The van der Waals surface area contributed by atoms with E-state index in [1.54, 1.807) is 12.3 Å². The van der Waals surface area contributed by atoms with Crippen molar-refractivity contribution in [3.05, 3.63) is 22.6 Å². The third-order valence-electron chi connectivity index (χ3n) is 2.46. The quantitative estimate of drug-likeness (QED) is 0.909. The summed E-state index contributed by atoms with van der Waals surface area (Å²) in [5, 5.41) is 9.85. The number of hydrogen-bond acceptors (Lipinski definition) is 3. The van der Waals surface area contributed by atoms with Gasteiger partial charge in [0.1, 0.15) is 11.9 Å². The van der Waals surface area contributed by atoms with Crippen LogP contribution in [0.25, 0.3) is 0 Å². The first-order valence-corrected chi connectivity index (χ1v) is 5.59. The highest BCUT2D eigenvalue weighted by Gasteiger charge is 2.23. The molecule has 3 nitrogen and oxygen atoms in total. The van der Waals surface area contributed by atoms with Crippen molar-refractivity contribution in [2.75, 3.05) is 6.61 Å². The average molecular weight is 261 g/mol. The molecule has 0 radical (unpaired) electrons. The second kappa shape index (κ2) is 4.47. The molecule has 1 fully saturated rings. The topological polar surface area (TPSA) is 42.6 Å². The summed E-state index contributed by atoms with van der Waals surface area (Å²) in [5.41, 5.74) is 0. The van der Waals surface area contributed by atoms with Crippen LogP contribution >= 0.6 is 15.9 Å². The molecule has 1 saturated heterocycles. The Morgan fingerprint density at radius 3 is 3.07 bits per heavy atom. The number of rotatable bonds is 3. The first-order chi connectivity index (χ1) is 6.77. The van der Waals surface area contributed by atoms with Crippen LogP contribution in [0, 0.1) is 0 Å². The van der Waals surface area contributed by atoms with Gasteiger partial charge < -0.3 is 14.3 Å². The molecular formula is C10H13BrO3. The Morgan fingerprint density at radius 1 is 1.64 bits per heavy atom. The van der Waals surface area contributed by atoms with Crippen LogP contribution in [0.1, 0.15) is 31.1 Å². The largest absolute Gasteiger partial charge is 0.465 e. The monoisotopic (exact) mass is 260 g/mol. The van der Waals surface area contributed by atoms with Gasteiger partial charge in [0.2, 0.25) is 0 Å². The molecule has 0 aliphatic carbocycles. The van der Waals surface area contributed by atoms with Gasteiger partial charge >= 0.3 is 0 Å². The van der Waals surface area contributed by atoms with E-state index in [1.807, 2.05) is 0 Å². The molecule has 1 aromatic heterocycles. The molecule has 0 saturated carbocycles. The number of aliphatic hydroxyl groups is 1. The molecule has 2 rings (SSSR count). The summed E-state index contributed by atoms with van der Waals surface area (Å²) in [4.78, 5) is 0. The molecule has 1 N–H and O–H groups in total. The molecule has 4 heteroatoms. The fourth-order valence-electron chi connectivity index (χ4n) is 1.73. The molecule has 2 unspecified atom stereocenters. The molecule has 0 bridgehead atoms. The van der Waals surface area contributed by atoms with Crippen molar-refractivity contribution in [2.24, 2.45) is 0 Å².